The average Bonchev–Trinajstić information content (AvgIpc) is 2.90. The molecule has 1 aromatic carbocycles. The van der Waals surface area contributed by atoms with E-state index in [9.17, 15) is 4.79 Å². The number of nitrogens with one attached hydrogen (secondary N) is 1. The number of nitrogens with zero attached hydrogens (tertiary/aromatic N) is 3. The van der Waals surface area contributed by atoms with Crippen LogP contribution in [0, 0.1) is 13.8 Å². The van der Waals surface area contributed by atoms with Crippen molar-refractivity contribution in [3.05, 3.63) is 45.1 Å². The fourth-order valence-corrected chi connectivity index (χ4v) is 4.01. The highest BCUT2D eigenvalue weighted by Gasteiger charge is 2.16. The predicted molar refractivity (Wildman–Crippen MR) is 102 cm³/mol. The van der Waals surface area contributed by atoms with Crippen molar-refractivity contribution in [2.24, 2.45) is 0 Å². The number of aryl methyl sites for hydroxylation is 2. The number of methoxy groups -OCH3 is 1. The van der Waals surface area contributed by atoms with Gasteiger partial charge in [-0.25, -0.2) is 4.98 Å². The highest BCUT2D eigenvalue weighted by Crippen LogP contribution is 2.29. The molecule has 0 radical (unpaired) electrons. The van der Waals surface area contributed by atoms with Crippen LogP contribution in [0.1, 0.15) is 10.4 Å². The third kappa shape index (κ3) is 2.47. The summed E-state index contributed by atoms with van der Waals surface area (Å²) in [5.41, 5.74) is 1.45. The van der Waals surface area contributed by atoms with Gasteiger partial charge in [0.1, 0.15) is 4.83 Å². The molecule has 4 aromatic rings. The summed E-state index contributed by atoms with van der Waals surface area (Å²) in [5, 5.41) is 10.3. The molecule has 0 saturated heterocycles. The number of aromatic nitrogens is 3. The summed E-state index contributed by atoms with van der Waals surface area (Å²) in [5.74, 6) is 0.660. The van der Waals surface area contributed by atoms with Crippen LogP contribution in [0.15, 0.2) is 29.1 Å². The fraction of sp³-hybridized carbons (Fsp3) is 0.278. The van der Waals surface area contributed by atoms with Gasteiger partial charge in [-0.05, 0) is 19.4 Å². The first-order chi connectivity index (χ1) is 12.1. The lowest BCUT2D eigenvalue weighted by Gasteiger charge is -2.11. The Morgan fingerprint density at radius 3 is 2.76 bits per heavy atom. The molecule has 6 nitrogen and oxygen atoms in total. The van der Waals surface area contributed by atoms with Gasteiger partial charge in [-0.1, -0.05) is 24.3 Å². The zero-order valence-electron chi connectivity index (χ0n) is 14.3. The molecule has 0 aliphatic rings. The first-order valence-corrected chi connectivity index (χ1v) is 8.87. The maximum atomic E-state index is 13.1. The molecule has 0 aliphatic carbocycles. The van der Waals surface area contributed by atoms with Gasteiger partial charge in [-0.2, -0.15) is 4.52 Å². The van der Waals surface area contributed by atoms with Crippen molar-refractivity contribution in [1.82, 2.24) is 14.6 Å². The Labute approximate surface area is 148 Å². The molecule has 3 aromatic heterocycles. The highest BCUT2D eigenvalue weighted by atomic mass is 32.1. The van der Waals surface area contributed by atoms with E-state index in [0.29, 0.717) is 30.0 Å². The molecule has 1 N–H and O–H groups in total. The lowest BCUT2D eigenvalue weighted by molar-refractivity contribution is 0.210. The molecule has 0 amide bonds. The smallest absolute Gasteiger partial charge is 0.283 e. The van der Waals surface area contributed by atoms with E-state index >= 15 is 0 Å². The van der Waals surface area contributed by atoms with Crippen molar-refractivity contribution < 1.29 is 4.74 Å². The highest BCUT2D eigenvalue weighted by molar-refractivity contribution is 7.18. The van der Waals surface area contributed by atoms with Crippen LogP contribution < -0.4 is 10.9 Å². The molecule has 0 fully saturated rings. The third-order valence-corrected chi connectivity index (χ3v) is 5.50. The molecule has 0 spiro atoms. The number of hydrogen-bond donors (Lipinski definition) is 1. The molecular formula is C18H18N4O2S. The second-order valence-corrected chi connectivity index (χ2v) is 7.13. The molecule has 0 atom stereocenters. The topological polar surface area (TPSA) is 68.5 Å². The van der Waals surface area contributed by atoms with E-state index in [1.165, 1.54) is 4.52 Å². The number of fused-ring (bicyclic) bond motifs is 4. The van der Waals surface area contributed by atoms with Gasteiger partial charge in [-0.15, -0.1) is 16.4 Å². The molecule has 0 unspecified atom stereocenters. The summed E-state index contributed by atoms with van der Waals surface area (Å²) in [7, 11) is 1.65. The molecular weight excluding hydrogens is 336 g/mol. The van der Waals surface area contributed by atoms with Crippen LogP contribution in [0.4, 0.5) is 5.82 Å². The average molecular weight is 354 g/mol. The second kappa shape index (κ2) is 6.09. The number of benzene rings is 1. The number of rotatable bonds is 4. The van der Waals surface area contributed by atoms with Crippen LogP contribution in [0.2, 0.25) is 0 Å². The lowest BCUT2D eigenvalue weighted by Crippen LogP contribution is -2.20. The molecule has 25 heavy (non-hydrogen) atoms. The number of thiophene rings is 1. The van der Waals surface area contributed by atoms with Crippen LogP contribution in [-0.4, -0.2) is 34.9 Å². The second-order valence-electron chi connectivity index (χ2n) is 5.93. The minimum atomic E-state index is -0.123. The third-order valence-electron chi connectivity index (χ3n) is 4.40. The standard InChI is InChI=1S/C18H18N4O2S/c1-10-11(2)25-17-14(10)18(23)22-16(20-17)13-7-5-4-6-12(13)15(21-22)19-8-9-24-3/h4-7H,8-9H2,1-3H3,(H,19,21). The van der Waals surface area contributed by atoms with Crippen molar-refractivity contribution in [1.29, 1.82) is 0 Å². The van der Waals surface area contributed by atoms with Crippen molar-refractivity contribution in [3.8, 4) is 0 Å². The number of hydrogen-bond acceptors (Lipinski definition) is 6. The Morgan fingerprint density at radius 2 is 2.00 bits per heavy atom. The minimum absolute atomic E-state index is 0.123. The lowest BCUT2D eigenvalue weighted by atomic mass is 10.1. The van der Waals surface area contributed by atoms with Crippen molar-refractivity contribution in [2.75, 3.05) is 25.6 Å². The largest absolute Gasteiger partial charge is 0.383 e. The summed E-state index contributed by atoms with van der Waals surface area (Å²) in [6, 6.07) is 7.86. The summed E-state index contributed by atoms with van der Waals surface area (Å²) in [6.45, 7) is 5.14. The Morgan fingerprint density at radius 1 is 1.24 bits per heavy atom. The van der Waals surface area contributed by atoms with Crippen molar-refractivity contribution in [3.63, 3.8) is 0 Å². The molecule has 0 aliphatic heterocycles. The number of anilines is 1. The number of ether oxygens (including phenoxy) is 1. The maximum absolute atomic E-state index is 13.1. The molecule has 128 valence electrons. The quantitative estimate of drug-likeness (QED) is 0.450. The molecule has 7 heteroatoms. The van der Waals surface area contributed by atoms with Gasteiger partial charge in [0.25, 0.3) is 5.56 Å². The summed E-state index contributed by atoms with van der Waals surface area (Å²) < 4.78 is 6.51. The van der Waals surface area contributed by atoms with Crippen molar-refractivity contribution >= 4 is 43.8 Å². The van der Waals surface area contributed by atoms with Gasteiger partial charge in [0, 0.05) is 29.3 Å². The van der Waals surface area contributed by atoms with E-state index in [4.69, 9.17) is 9.72 Å². The SMILES string of the molecule is COCCNc1nn2c(=O)c3c(C)c(C)sc3nc2c2ccccc12. The van der Waals surface area contributed by atoms with E-state index < -0.39 is 0 Å². The molecule has 4 rings (SSSR count). The Kier molecular flexibility index (Phi) is 3.89. The van der Waals surface area contributed by atoms with Crippen LogP contribution in [0.25, 0.3) is 26.6 Å². The van der Waals surface area contributed by atoms with Gasteiger partial charge in [0.05, 0.1) is 12.0 Å². The van der Waals surface area contributed by atoms with E-state index in [1.807, 2.05) is 38.1 Å². The van der Waals surface area contributed by atoms with Gasteiger partial charge < -0.3 is 10.1 Å². The van der Waals surface area contributed by atoms with Crippen LogP contribution >= 0.6 is 11.3 Å². The summed E-state index contributed by atoms with van der Waals surface area (Å²) in [6.07, 6.45) is 0. The van der Waals surface area contributed by atoms with Gasteiger partial charge in [-0.3, -0.25) is 4.79 Å². The zero-order valence-corrected chi connectivity index (χ0v) is 15.1. The van der Waals surface area contributed by atoms with Gasteiger partial charge in [0.15, 0.2) is 11.5 Å². The maximum Gasteiger partial charge on any atom is 0.283 e. The Balaban J connectivity index is 2.09. The van der Waals surface area contributed by atoms with Crippen LogP contribution in [0.5, 0.6) is 0 Å². The van der Waals surface area contributed by atoms with Crippen molar-refractivity contribution in [2.45, 2.75) is 13.8 Å². The molecule has 0 saturated carbocycles. The van der Waals surface area contributed by atoms with Gasteiger partial charge in [0.2, 0.25) is 0 Å². The first-order valence-electron chi connectivity index (χ1n) is 8.06. The van der Waals surface area contributed by atoms with Gasteiger partial charge >= 0.3 is 0 Å². The van der Waals surface area contributed by atoms with E-state index in [0.717, 1.165) is 26.0 Å². The van der Waals surface area contributed by atoms with E-state index in [2.05, 4.69) is 10.4 Å². The molecule has 0 bridgehead atoms. The Bertz CT molecular complexity index is 1160. The van der Waals surface area contributed by atoms with Crippen LogP contribution in [0.3, 0.4) is 0 Å². The van der Waals surface area contributed by atoms with E-state index in [-0.39, 0.29) is 5.56 Å². The van der Waals surface area contributed by atoms with E-state index in [1.54, 1.807) is 18.4 Å². The predicted octanol–water partition coefficient (Wildman–Crippen LogP) is 3.13. The molecule has 3 heterocycles. The Hall–Kier alpha value is -2.51. The monoisotopic (exact) mass is 354 g/mol. The summed E-state index contributed by atoms with van der Waals surface area (Å²) >= 11 is 1.55. The zero-order chi connectivity index (χ0) is 17.6. The summed E-state index contributed by atoms with van der Waals surface area (Å²) in [4.78, 5) is 19.7. The fourth-order valence-electron chi connectivity index (χ4n) is 2.99. The van der Waals surface area contributed by atoms with Crippen LogP contribution in [-0.2, 0) is 4.74 Å². The first kappa shape index (κ1) is 16.0. The normalized spacial score (nSPS) is 11.6. The minimum Gasteiger partial charge on any atom is -0.383 e.